The third-order valence-electron chi connectivity index (χ3n) is 3.51. The number of benzene rings is 2. The van der Waals surface area contributed by atoms with Crippen LogP contribution in [-0.4, -0.2) is 32.8 Å². The fourth-order valence-electron chi connectivity index (χ4n) is 2.09. The zero-order valence-corrected chi connectivity index (χ0v) is 15.0. The van der Waals surface area contributed by atoms with Crippen LogP contribution in [0.5, 0.6) is 0 Å². The van der Waals surface area contributed by atoms with E-state index in [0.29, 0.717) is 5.56 Å². The summed E-state index contributed by atoms with van der Waals surface area (Å²) in [5.41, 5.74) is 0.455. The number of ether oxygens (including phenoxy) is 1. The highest BCUT2D eigenvalue weighted by molar-refractivity contribution is 7.89. The van der Waals surface area contributed by atoms with Gasteiger partial charge in [-0.25, -0.2) is 12.8 Å². The van der Waals surface area contributed by atoms with Crippen molar-refractivity contribution >= 4 is 21.8 Å². The first kappa shape index (κ1) is 20.2. The van der Waals surface area contributed by atoms with E-state index in [1.807, 2.05) is 6.07 Å². The summed E-state index contributed by atoms with van der Waals surface area (Å²) in [7, 11) is -3.98. The highest BCUT2D eigenvalue weighted by Gasteiger charge is 2.21. The summed E-state index contributed by atoms with van der Waals surface area (Å²) >= 11 is 0. The molecule has 0 unspecified atom stereocenters. The summed E-state index contributed by atoms with van der Waals surface area (Å²) in [6, 6.07) is 11.7. The second-order valence-corrected chi connectivity index (χ2v) is 7.23. The van der Waals surface area contributed by atoms with Crippen LogP contribution >= 0.6 is 0 Å². The van der Waals surface area contributed by atoms with Crippen molar-refractivity contribution < 1.29 is 27.1 Å². The highest BCUT2D eigenvalue weighted by atomic mass is 32.2. The van der Waals surface area contributed by atoms with E-state index in [9.17, 15) is 22.4 Å². The maximum atomic E-state index is 12.9. The molecule has 140 valence electrons. The van der Waals surface area contributed by atoms with Gasteiger partial charge in [0, 0.05) is 5.56 Å². The molecule has 1 atom stereocenters. The number of Topliss-reactive ketones (excluding diaryl/α,β-unsaturated/α-hetero) is 1. The van der Waals surface area contributed by atoms with Gasteiger partial charge in [-0.1, -0.05) is 0 Å². The number of sulfonamides is 1. The predicted molar refractivity (Wildman–Crippen MR) is 92.6 cm³/mol. The van der Waals surface area contributed by atoms with Crippen LogP contribution in [-0.2, 0) is 19.6 Å². The molecule has 0 saturated carbocycles. The Balaban J connectivity index is 1.93. The van der Waals surface area contributed by atoms with E-state index in [1.54, 1.807) is 0 Å². The van der Waals surface area contributed by atoms with Crippen molar-refractivity contribution in [3.8, 4) is 6.07 Å². The summed E-state index contributed by atoms with van der Waals surface area (Å²) in [6.07, 6.45) is -1.16. The fraction of sp³-hybridized carbons (Fsp3) is 0.167. The number of nitriles is 1. The molecule has 0 amide bonds. The number of rotatable bonds is 7. The van der Waals surface area contributed by atoms with Gasteiger partial charge in [-0.15, -0.1) is 0 Å². The molecule has 0 aliphatic carbocycles. The number of hydrogen-bond donors (Lipinski definition) is 1. The molecule has 0 aromatic heterocycles. The van der Waals surface area contributed by atoms with Gasteiger partial charge in [0.25, 0.3) is 0 Å². The third kappa shape index (κ3) is 5.44. The molecule has 0 radical (unpaired) electrons. The first-order valence-corrected chi connectivity index (χ1v) is 9.20. The molecule has 0 aliphatic heterocycles. The number of esters is 1. The molecule has 0 heterocycles. The molecule has 27 heavy (non-hydrogen) atoms. The lowest BCUT2D eigenvalue weighted by Gasteiger charge is -2.13. The van der Waals surface area contributed by atoms with Crippen LogP contribution < -0.4 is 4.72 Å². The van der Waals surface area contributed by atoms with Gasteiger partial charge in [-0.3, -0.25) is 9.59 Å². The Morgan fingerprint density at radius 3 is 2.30 bits per heavy atom. The van der Waals surface area contributed by atoms with Gasteiger partial charge in [0.15, 0.2) is 6.10 Å². The first-order valence-electron chi connectivity index (χ1n) is 7.72. The van der Waals surface area contributed by atoms with Gasteiger partial charge < -0.3 is 4.74 Å². The highest BCUT2D eigenvalue weighted by Crippen LogP contribution is 2.11. The van der Waals surface area contributed by atoms with Crippen molar-refractivity contribution in [3.63, 3.8) is 0 Å². The van der Waals surface area contributed by atoms with Crippen LogP contribution in [0, 0.1) is 17.1 Å². The number of carbonyl (C=O) groups is 2. The minimum Gasteiger partial charge on any atom is -0.453 e. The van der Waals surface area contributed by atoms with Crippen molar-refractivity contribution in [2.45, 2.75) is 17.9 Å². The Morgan fingerprint density at radius 1 is 1.15 bits per heavy atom. The molecule has 0 bridgehead atoms. The monoisotopic (exact) mass is 390 g/mol. The van der Waals surface area contributed by atoms with Gasteiger partial charge in [0.05, 0.1) is 16.5 Å². The SMILES string of the molecule is C[C@@H](OC(=O)CNS(=O)(=O)c1ccc(C#N)cc1)C(=O)c1ccc(F)cc1. The molecule has 2 aromatic rings. The topological polar surface area (TPSA) is 113 Å². The number of carbonyl (C=O) groups excluding carboxylic acids is 2. The summed E-state index contributed by atoms with van der Waals surface area (Å²) < 4.78 is 44.1. The van der Waals surface area contributed by atoms with E-state index in [4.69, 9.17) is 10.00 Å². The average Bonchev–Trinajstić information content (AvgIpc) is 2.66. The zero-order valence-electron chi connectivity index (χ0n) is 14.2. The van der Waals surface area contributed by atoms with Gasteiger partial charge in [-0.05, 0) is 55.5 Å². The number of nitrogens with zero attached hydrogens (tertiary/aromatic N) is 1. The molecular weight excluding hydrogens is 375 g/mol. The largest absolute Gasteiger partial charge is 0.453 e. The summed E-state index contributed by atoms with van der Waals surface area (Å²) in [5.74, 6) is -2.00. The molecule has 1 N–H and O–H groups in total. The molecule has 0 spiro atoms. The Bertz CT molecular complexity index is 980. The number of halogens is 1. The molecular formula is C18H15FN2O5S. The standard InChI is InChI=1S/C18H15FN2O5S/c1-12(18(23)14-4-6-15(19)7-5-14)26-17(22)11-21-27(24,25)16-8-2-13(10-20)3-9-16/h2-9,12,21H,11H2,1H3/t12-/m1/s1. The van der Waals surface area contributed by atoms with E-state index in [1.165, 1.54) is 43.3 Å². The van der Waals surface area contributed by atoms with Crippen LogP contribution in [0.25, 0.3) is 0 Å². The lowest BCUT2D eigenvalue weighted by Crippen LogP contribution is -2.34. The molecule has 2 aromatic carbocycles. The van der Waals surface area contributed by atoms with Gasteiger partial charge in [0.1, 0.15) is 12.4 Å². The molecule has 2 rings (SSSR count). The lowest BCUT2D eigenvalue weighted by atomic mass is 10.1. The van der Waals surface area contributed by atoms with E-state index in [0.717, 1.165) is 12.1 Å². The van der Waals surface area contributed by atoms with Crippen molar-refractivity contribution in [1.29, 1.82) is 5.26 Å². The molecule has 0 saturated heterocycles. The molecule has 0 aliphatic rings. The van der Waals surface area contributed by atoms with E-state index < -0.39 is 40.2 Å². The van der Waals surface area contributed by atoms with Gasteiger partial charge >= 0.3 is 5.97 Å². The van der Waals surface area contributed by atoms with E-state index in [-0.39, 0.29) is 10.5 Å². The Kier molecular flexibility index (Phi) is 6.39. The van der Waals surface area contributed by atoms with Crippen LogP contribution in [0.1, 0.15) is 22.8 Å². The summed E-state index contributed by atoms with van der Waals surface area (Å²) in [6.45, 7) is 0.655. The summed E-state index contributed by atoms with van der Waals surface area (Å²) in [4.78, 5) is 23.8. The van der Waals surface area contributed by atoms with Crippen LogP contribution in [0.3, 0.4) is 0 Å². The maximum absolute atomic E-state index is 12.9. The average molecular weight is 390 g/mol. The Morgan fingerprint density at radius 2 is 1.74 bits per heavy atom. The van der Waals surface area contributed by atoms with Crippen molar-refractivity contribution in [3.05, 3.63) is 65.5 Å². The quantitative estimate of drug-likeness (QED) is 0.570. The predicted octanol–water partition coefficient (Wildman–Crippen LogP) is 1.79. The number of hydrogen-bond acceptors (Lipinski definition) is 6. The van der Waals surface area contributed by atoms with Gasteiger partial charge in [-0.2, -0.15) is 9.98 Å². The second kappa shape index (κ2) is 8.53. The molecule has 0 fully saturated rings. The van der Waals surface area contributed by atoms with E-state index in [2.05, 4.69) is 4.72 Å². The zero-order chi connectivity index (χ0) is 20.0. The van der Waals surface area contributed by atoms with Gasteiger partial charge in [0.2, 0.25) is 15.8 Å². The third-order valence-corrected chi connectivity index (χ3v) is 4.92. The normalized spacial score (nSPS) is 12.0. The minimum atomic E-state index is -3.98. The van der Waals surface area contributed by atoms with E-state index >= 15 is 0 Å². The lowest BCUT2D eigenvalue weighted by molar-refractivity contribution is -0.144. The van der Waals surface area contributed by atoms with Crippen molar-refractivity contribution in [2.75, 3.05) is 6.54 Å². The smallest absolute Gasteiger partial charge is 0.321 e. The molecule has 9 heteroatoms. The maximum Gasteiger partial charge on any atom is 0.321 e. The van der Waals surface area contributed by atoms with Crippen LogP contribution in [0.2, 0.25) is 0 Å². The number of ketones is 1. The Hall–Kier alpha value is -3.09. The molecule has 7 nitrogen and oxygen atoms in total. The summed E-state index contributed by atoms with van der Waals surface area (Å²) in [5, 5.41) is 8.71. The fourth-order valence-corrected chi connectivity index (χ4v) is 3.06. The Labute approximate surface area is 155 Å². The van der Waals surface area contributed by atoms with Crippen LogP contribution in [0.4, 0.5) is 4.39 Å². The van der Waals surface area contributed by atoms with Crippen molar-refractivity contribution in [1.82, 2.24) is 4.72 Å². The first-order chi connectivity index (χ1) is 12.7. The minimum absolute atomic E-state index is 0.121. The second-order valence-electron chi connectivity index (χ2n) is 5.46. The number of nitrogens with one attached hydrogen (secondary N) is 1. The van der Waals surface area contributed by atoms with Crippen LogP contribution in [0.15, 0.2) is 53.4 Å². The van der Waals surface area contributed by atoms with Crippen molar-refractivity contribution in [2.24, 2.45) is 0 Å².